The molecule has 1 aromatic rings. The predicted molar refractivity (Wildman–Crippen MR) is 79.6 cm³/mol. The van der Waals surface area contributed by atoms with Crippen molar-refractivity contribution in [1.29, 1.82) is 0 Å². The summed E-state index contributed by atoms with van der Waals surface area (Å²) >= 11 is 1.73. The van der Waals surface area contributed by atoms with Crippen molar-refractivity contribution in [3.63, 3.8) is 0 Å². The maximum absolute atomic E-state index is 11.5. The quantitative estimate of drug-likeness (QED) is 0.872. The lowest BCUT2D eigenvalue weighted by atomic mass is 10.2. The van der Waals surface area contributed by atoms with Crippen LogP contribution in [0.2, 0.25) is 0 Å². The molecule has 0 radical (unpaired) electrons. The minimum Gasteiger partial charge on any atom is -0.444 e. The third kappa shape index (κ3) is 6.59. The Kier molecular flexibility index (Phi) is 5.82. The van der Waals surface area contributed by atoms with Gasteiger partial charge in [-0.3, -0.25) is 0 Å². The second-order valence-electron chi connectivity index (χ2n) is 5.69. The van der Waals surface area contributed by atoms with Crippen molar-refractivity contribution in [3.8, 4) is 0 Å². The second kappa shape index (κ2) is 6.91. The Labute approximate surface area is 119 Å². The summed E-state index contributed by atoms with van der Waals surface area (Å²) in [6.45, 7) is 10.3. The van der Waals surface area contributed by atoms with Gasteiger partial charge in [-0.15, -0.1) is 11.3 Å². The molecular formula is C14H24N2O2S. The maximum Gasteiger partial charge on any atom is 0.407 e. The third-order valence-electron chi connectivity index (χ3n) is 2.46. The van der Waals surface area contributed by atoms with Crippen LogP contribution in [0.15, 0.2) is 17.5 Å². The Bertz CT molecular complexity index is 385. The van der Waals surface area contributed by atoms with Crippen LogP contribution in [0, 0.1) is 0 Å². The molecule has 0 aliphatic carbocycles. The summed E-state index contributed by atoms with van der Waals surface area (Å²) in [6, 6.07) is 4.62. The highest BCUT2D eigenvalue weighted by Gasteiger charge is 2.17. The molecule has 0 aliphatic rings. The van der Waals surface area contributed by atoms with E-state index in [0.29, 0.717) is 6.54 Å². The number of hydrogen-bond acceptors (Lipinski definition) is 4. The largest absolute Gasteiger partial charge is 0.444 e. The number of thiophene rings is 1. The molecule has 1 unspecified atom stereocenters. The summed E-state index contributed by atoms with van der Waals surface area (Å²) in [4.78, 5) is 12.8. The highest BCUT2D eigenvalue weighted by molar-refractivity contribution is 7.10. The molecule has 5 heteroatoms. The molecular weight excluding hydrogens is 260 g/mol. The summed E-state index contributed by atoms with van der Waals surface area (Å²) < 4.78 is 5.19. The molecule has 1 rings (SSSR count). The SMILES string of the molecule is CC(CNC(=O)OC(C)(C)C)N[C@@H](C)c1cccs1. The molecule has 0 aliphatic heterocycles. The fraction of sp³-hybridized carbons (Fsp3) is 0.643. The van der Waals surface area contributed by atoms with Crippen LogP contribution < -0.4 is 10.6 Å². The summed E-state index contributed by atoms with van der Waals surface area (Å²) in [6.07, 6.45) is -0.370. The molecule has 4 nitrogen and oxygen atoms in total. The van der Waals surface area contributed by atoms with E-state index < -0.39 is 5.60 Å². The molecule has 1 amide bonds. The Morgan fingerprint density at radius 1 is 1.42 bits per heavy atom. The van der Waals surface area contributed by atoms with Gasteiger partial charge in [0.1, 0.15) is 5.60 Å². The Morgan fingerprint density at radius 2 is 2.11 bits per heavy atom. The summed E-state index contributed by atoms with van der Waals surface area (Å²) in [5.74, 6) is 0. The number of ether oxygens (including phenoxy) is 1. The molecule has 0 spiro atoms. The summed E-state index contributed by atoms with van der Waals surface area (Å²) in [5, 5.41) is 8.28. The molecule has 1 heterocycles. The van der Waals surface area contributed by atoms with Crippen molar-refractivity contribution in [1.82, 2.24) is 10.6 Å². The predicted octanol–water partition coefficient (Wildman–Crippen LogP) is 3.31. The van der Waals surface area contributed by atoms with E-state index in [-0.39, 0.29) is 18.2 Å². The number of rotatable bonds is 5. The van der Waals surface area contributed by atoms with Gasteiger partial charge in [-0.25, -0.2) is 4.79 Å². The zero-order valence-electron chi connectivity index (χ0n) is 12.3. The molecule has 0 fully saturated rings. The number of carbonyl (C=O) groups excluding carboxylic acids is 1. The molecule has 19 heavy (non-hydrogen) atoms. The van der Waals surface area contributed by atoms with Crippen molar-refractivity contribution in [2.75, 3.05) is 6.54 Å². The van der Waals surface area contributed by atoms with Gasteiger partial charge in [-0.1, -0.05) is 6.07 Å². The second-order valence-corrected chi connectivity index (χ2v) is 6.67. The first kappa shape index (κ1) is 16.0. The normalized spacial score (nSPS) is 14.8. The van der Waals surface area contributed by atoms with E-state index in [4.69, 9.17) is 4.74 Å². The average Bonchev–Trinajstić information content (AvgIpc) is 2.77. The van der Waals surface area contributed by atoms with Crippen LogP contribution in [0.4, 0.5) is 4.79 Å². The smallest absolute Gasteiger partial charge is 0.407 e. The van der Waals surface area contributed by atoms with Crippen LogP contribution in [-0.4, -0.2) is 24.3 Å². The molecule has 108 valence electrons. The standard InChI is InChI=1S/C14H24N2O2S/c1-10(9-15-13(17)18-14(3,4)5)16-11(2)12-7-6-8-19-12/h6-8,10-11,16H,9H2,1-5H3,(H,15,17)/t10?,11-/m0/s1. The van der Waals surface area contributed by atoms with Crippen LogP contribution in [-0.2, 0) is 4.74 Å². The number of nitrogens with one attached hydrogen (secondary N) is 2. The van der Waals surface area contributed by atoms with Gasteiger partial charge in [0.25, 0.3) is 0 Å². The summed E-state index contributed by atoms with van der Waals surface area (Å²) in [5.41, 5.74) is -0.453. The highest BCUT2D eigenvalue weighted by Crippen LogP contribution is 2.18. The maximum atomic E-state index is 11.5. The molecule has 1 aromatic heterocycles. The van der Waals surface area contributed by atoms with E-state index in [1.54, 1.807) is 11.3 Å². The molecule has 0 bridgehead atoms. The first-order chi connectivity index (χ1) is 8.78. The van der Waals surface area contributed by atoms with Crippen LogP contribution in [0.5, 0.6) is 0 Å². The van der Waals surface area contributed by atoms with Crippen molar-refractivity contribution >= 4 is 17.4 Å². The molecule has 2 atom stereocenters. The van der Waals surface area contributed by atoms with Gasteiger partial charge >= 0.3 is 6.09 Å². The van der Waals surface area contributed by atoms with Crippen LogP contribution in [0.25, 0.3) is 0 Å². The van der Waals surface area contributed by atoms with Gasteiger partial charge in [0, 0.05) is 23.5 Å². The molecule has 0 saturated carbocycles. The van der Waals surface area contributed by atoms with Crippen molar-refractivity contribution in [2.24, 2.45) is 0 Å². The average molecular weight is 284 g/mol. The van der Waals surface area contributed by atoms with Gasteiger partial charge in [0.2, 0.25) is 0 Å². The Balaban J connectivity index is 2.28. The lowest BCUT2D eigenvalue weighted by molar-refractivity contribution is 0.0522. The first-order valence-corrected chi connectivity index (χ1v) is 7.42. The van der Waals surface area contributed by atoms with Crippen LogP contribution >= 0.6 is 11.3 Å². The fourth-order valence-electron chi connectivity index (χ4n) is 1.66. The van der Waals surface area contributed by atoms with Crippen molar-refractivity contribution in [2.45, 2.75) is 52.3 Å². The van der Waals surface area contributed by atoms with Gasteiger partial charge < -0.3 is 15.4 Å². The van der Waals surface area contributed by atoms with E-state index in [9.17, 15) is 4.79 Å². The number of amides is 1. The van der Waals surface area contributed by atoms with Gasteiger partial charge in [-0.05, 0) is 46.1 Å². The van der Waals surface area contributed by atoms with Crippen molar-refractivity contribution < 1.29 is 9.53 Å². The summed E-state index contributed by atoms with van der Waals surface area (Å²) in [7, 11) is 0. The van der Waals surface area contributed by atoms with Crippen molar-refractivity contribution in [3.05, 3.63) is 22.4 Å². The van der Waals surface area contributed by atoms with E-state index >= 15 is 0 Å². The van der Waals surface area contributed by atoms with Crippen LogP contribution in [0.3, 0.4) is 0 Å². The Morgan fingerprint density at radius 3 is 2.63 bits per heavy atom. The number of alkyl carbamates (subject to hydrolysis) is 1. The molecule has 0 saturated heterocycles. The topological polar surface area (TPSA) is 50.4 Å². The van der Waals surface area contributed by atoms with Crippen LogP contribution in [0.1, 0.15) is 45.5 Å². The first-order valence-electron chi connectivity index (χ1n) is 6.54. The van der Waals surface area contributed by atoms with Gasteiger partial charge in [-0.2, -0.15) is 0 Å². The van der Waals surface area contributed by atoms with Gasteiger partial charge in [0.15, 0.2) is 0 Å². The number of hydrogen-bond donors (Lipinski definition) is 2. The third-order valence-corrected chi connectivity index (χ3v) is 3.51. The van der Waals surface area contributed by atoms with E-state index in [0.717, 1.165) is 0 Å². The fourth-order valence-corrected chi connectivity index (χ4v) is 2.40. The Hall–Kier alpha value is -1.07. The van der Waals surface area contributed by atoms with E-state index in [1.165, 1.54) is 4.88 Å². The zero-order valence-corrected chi connectivity index (χ0v) is 13.1. The molecule has 2 N–H and O–H groups in total. The minimum atomic E-state index is -0.453. The molecule has 0 aromatic carbocycles. The highest BCUT2D eigenvalue weighted by atomic mass is 32.1. The lowest BCUT2D eigenvalue weighted by Crippen LogP contribution is -2.41. The van der Waals surface area contributed by atoms with Gasteiger partial charge in [0.05, 0.1) is 0 Å². The monoisotopic (exact) mass is 284 g/mol. The lowest BCUT2D eigenvalue weighted by Gasteiger charge is -2.22. The van der Waals surface area contributed by atoms with E-state index in [1.807, 2.05) is 33.8 Å². The zero-order chi connectivity index (χ0) is 14.5. The minimum absolute atomic E-state index is 0.185. The number of carbonyl (C=O) groups is 1. The van der Waals surface area contributed by atoms with E-state index in [2.05, 4.69) is 29.0 Å².